The van der Waals surface area contributed by atoms with Crippen LogP contribution in [0.5, 0.6) is 5.75 Å². The molecule has 1 amide bonds. The van der Waals surface area contributed by atoms with Crippen LogP contribution in [-0.2, 0) is 6.61 Å². The molecule has 1 fully saturated rings. The van der Waals surface area contributed by atoms with E-state index in [1.807, 2.05) is 30.3 Å². The molecule has 21 heavy (non-hydrogen) atoms. The predicted molar refractivity (Wildman–Crippen MR) is 79.2 cm³/mol. The fourth-order valence-electron chi connectivity index (χ4n) is 2.58. The predicted octanol–water partition coefficient (Wildman–Crippen LogP) is 3.53. The van der Waals surface area contributed by atoms with Gasteiger partial charge in [-0.3, -0.25) is 4.79 Å². The Balaban J connectivity index is 1.54. The molecule has 0 radical (unpaired) electrons. The van der Waals surface area contributed by atoms with Crippen LogP contribution in [0.15, 0.2) is 46.9 Å². The van der Waals surface area contributed by atoms with Crippen molar-refractivity contribution in [3.8, 4) is 5.75 Å². The SMILES string of the molecule is O=C(NC1CCCC1)c1ccc(COc2ccccc2)o1. The summed E-state index contributed by atoms with van der Waals surface area (Å²) in [5.74, 6) is 1.66. The van der Waals surface area contributed by atoms with Gasteiger partial charge in [-0.2, -0.15) is 0 Å². The number of benzene rings is 1. The Morgan fingerprint density at radius 1 is 1.14 bits per heavy atom. The summed E-state index contributed by atoms with van der Waals surface area (Å²) in [6, 6.07) is 13.3. The van der Waals surface area contributed by atoms with Gasteiger partial charge in [0.05, 0.1) is 0 Å². The molecule has 110 valence electrons. The number of hydrogen-bond donors (Lipinski definition) is 1. The second-order valence-electron chi connectivity index (χ2n) is 5.32. The van der Waals surface area contributed by atoms with Gasteiger partial charge in [0.25, 0.3) is 5.91 Å². The number of furan rings is 1. The first-order chi connectivity index (χ1) is 10.3. The Kier molecular flexibility index (Phi) is 4.24. The van der Waals surface area contributed by atoms with E-state index in [0.29, 0.717) is 24.2 Å². The highest BCUT2D eigenvalue weighted by atomic mass is 16.5. The number of ether oxygens (including phenoxy) is 1. The molecule has 4 heteroatoms. The topological polar surface area (TPSA) is 51.5 Å². The number of para-hydroxylation sites is 1. The summed E-state index contributed by atoms with van der Waals surface area (Å²) in [6.45, 7) is 0.320. The molecule has 1 saturated carbocycles. The fourth-order valence-corrected chi connectivity index (χ4v) is 2.58. The number of carbonyl (C=O) groups excluding carboxylic acids is 1. The van der Waals surface area contributed by atoms with Crippen LogP contribution in [0.1, 0.15) is 42.0 Å². The van der Waals surface area contributed by atoms with Crippen molar-refractivity contribution in [2.45, 2.75) is 38.3 Å². The van der Waals surface area contributed by atoms with E-state index in [1.165, 1.54) is 12.8 Å². The number of carbonyl (C=O) groups is 1. The highest BCUT2D eigenvalue weighted by molar-refractivity contribution is 5.91. The summed E-state index contributed by atoms with van der Waals surface area (Å²) < 4.78 is 11.1. The minimum atomic E-state index is -0.132. The molecular formula is C17H19NO3. The lowest BCUT2D eigenvalue weighted by atomic mass is 10.2. The van der Waals surface area contributed by atoms with Crippen LogP contribution >= 0.6 is 0 Å². The number of rotatable bonds is 5. The van der Waals surface area contributed by atoms with Crippen LogP contribution in [-0.4, -0.2) is 11.9 Å². The maximum absolute atomic E-state index is 12.0. The molecule has 1 aliphatic rings. The molecule has 0 unspecified atom stereocenters. The van der Waals surface area contributed by atoms with E-state index in [0.717, 1.165) is 18.6 Å². The molecule has 0 saturated heterocycles. The number of amides is 1. The van der Waals surface area contributed by atoms with Crippen molar-refractivity contribution >= 4 is 5.91 Å². The van der Waals surface area contributed by atoms with E-state index < -0.39 is 0 Å². The van der Waals surface area contributed by atoms with Crippen molar-refractivity contribution in [2.75, 3.05) is 0 Å². The lowest BCUT2D eigenvalue weighted by Crippen LogP contribution is -2.32. The van der Waals surface area contributed by atoms with Crippen LogP contribution in [0.3, 0.4) is 0 Å². The molecule has 0 spiro atoms. The van der Waals surface area contributed by atoms with Crippen molar-refractivity contribution in [2.24, 2.45) is 0 Å². The molecular weight excluding hydrogens is 266 g/mol. The van der Waals surface area contributed by atoms with Crippen molar-refractivity contribution in [3.05, 3.63) is 54.0 Å². The molecule has 1 heterocycles. The maximum atomic E-state index is 12.0. The summed E-state index contributed by atoms with van der Waals surface area (Å²) in [4.78, 5) is 12.0. The van der Waals surface area contributed by atoms with Crippen LogP contribution < -0.4 is 10.1 Å². The van der Waals surface area contributed by atoms with Gasteiger partial charge in [-0.15, -0.1) is 0 Å². The average Bonchev–Trinajstić information content (AvgIpc) is 3.17. The second-order valence-corrected chi connectivity index (χ2v) is 5.32. The average molecular weight is 285 g/mol. The van der Waals surface area contributed by atoms with Crippen molar-refractivity contribution in [1.29, 1.82) is 0 Å². The molecule has 3 rings (SSSR count). The van der Waals surface area contributed by atoms with Gasteiger partial charge < -0.3 is 14.5 Å². The molecule has 1 N–H and O–H groups in total. The smallest absolute Gasteiger partial charge is 0.287 e. The molecule has 1 aromatic heterocycles. The van der Waals surface area contributed by atoms with Gasteiger partial charge in [0, 0.05) is 6.04 Å². The van der Waals surface area contributed by atoms with Crippen molar-refractivity contribution in [3.63, 3.8) is 0 Å². The van der Waals surface area contributed by atoms with Crippen LogP contribution in [0.4, 0.5) is 0 Å². The second kappa shape index (κ2) is 6.48. The van der Waals surface area contributed by atoms with Gasteiger partial charge in [-0.1, -0.05) is 31.0 Å². The van der Waals surface area contributed by atoms with E-state index in [4.69, 9.17) is 9.15 Å². The summed E-state index contributed by atoms with van der Waals surface area (Å²) in [5.41, 5.74) is 0. The van der Waals surface area contributed by atoms with E-state index >= 15 is 0 Å². The lowest BCUT2D eigenvalue weighted by Gasteiger charge is -2.09. The van der Waals surface area contributed by atoms with Crippen LogP contribution in [0, 0.1) is 0 Å². The maximum Gasteiger partial charge on any atom is 0.287 e. The van der Waals surface area contributed by atoms with E-state index in [9.17, 15) is 4.79 Å². The largest absolute Gasteiger partial charge is 0.486 e. The Hall–Kier alpha value is -2.23. The van der Waals surface area contributed by atoms with Gasteiger partial charge in [0.15, 0.2) is 5.76 Å². The molecule has 2 aromatic rings. The Morgan fingerprint density at radius 3 is 2.67 bits per heavy atom. The third-order valence-corrected chi connectivity index (χ3v) is 3.70. The van der Waals surface area contributed by atoms with Gasteiger partial charge in [0.2, 0.25) is 0 Å². The summed E-state index contributed by atoms with van der Waals surface area (Å²) >= 11 is 0. The molecule has 0 atom stereocenters. The first kappa shape index (κ1) is 13.7. The zero-order chi connectivity index (χ0) is 14.5. The van der Waals surface area contributed by atoms with Crippen molar-refractivity contribution in [1.82, 2.24) is 5.32 Å². The third kappa shape index (κ3) is 3.66. The summed E-state index contributed by atoms with van der Waals surface area (Å²) in [6.07, 6.45) is 4.52. The summed E-state index contributed by atoms with van der Waals surface area (Å²) in [7, 11) is 0. The monoisotopic (exact) mass is 285 g/mol. The zero-order valence-corrected chi connectivity index (χ0v) is 11.9. The fraction of sp³-hybridized carbons (Fsp3) is 0.353. The minimum absolute atomic E-state index is 0.132. The third-order valence-electron chi connectivity index (χ3n) is 3.70. The first-order valence-electron chi connectivity index (χ1n) is 7.39. The standard InChI is InChI=1S/C17H19NO3/c19-17(18-13-6-4-5-7-13)16-11-10-15(21-16)12-20-14-8-2-1-3-9-14/h1-3,8-11,13H,4-7,12H2,(H,18,19). The highest BCUT2D eigenvalue weighted by Gasteiger charge is 2.19. The molecule has 0 aliphatic heterocycles. The van der Waals surface area contributed by atoms with E-state index in [1.54, 1.807) is 12.1 Å². The summed E-state index contributed by atoms with van der Waals surface area (Å²) in [5, 5.41) is 3.01. The number of hydrogen-bond acceptors (Lipinski definition) is 3. The normalized spacial score (nSPS) is 15.0. The quantitative estimate of drug-likeness (QED) is 0.914. The van der Waals surface area contributed by atoms with Crippen molar-refractivity contribution < 1.29 is 13.9 Å². The first-order valence-corrected chi connectivity index (χ1v) is 7.39. The van der Waals surface area contributed by atoms with Gasteiger partial charge in [-0.25, -0.2) is 0 Å². The number of nitrogens with one attached hydrogen (secondary N) is 1. The molecule has 1 aromatic carbocycles. The Morgan fingerprint density at radius 2 is 1.90 bits per heavy atom. The molecule has 0 bridgehead atoms. The Labute approximate surface area is 124 Å². The minimum Gasteiger partial charge on any atom is -0.486 e. The van der Waals surface area contributed by atoms with Crippen LogP contribution in [0.2, 0.25) is 0 Å². The van der Waals surface area contributed by atoms with E-state index in [2.05, 4.69) is 5.32 Å². The molecule has 1 aliphatic carbocycles. The van der Waals surface area contributed by atoms with Crippen LogP contribution in [0.25, 0.3) is 0 Å². The van der Waals surface area contributed by atoms with Gasteiger partial charge in [-0.05, 0) is 37.1 Å². The highest BCUT2D eigenvalue weighted by Crippen LogP contribution is 2.19. The lowest BCUT2D eigenvalue weighted by molar-refractivity contribution is 0.0905. The van der Waals surface area contributed by atoms with Gasteiger partial charge >= 0.3 is 0 Å². The Bertz CT molecular complexity index is 585. The zero-order valence-electron chi connectivity index (χ0n) is 11.9. The molecule has 4 nitrogen and oxygen atoms in total. The van der Waals surface area contributed by atoms with E-state index in [-0.39, 0.29) is 5.91 Å². The van der Waals surface area contributed by atoms with Gasteiger partial charge in [0.1, 0.15) is 18.1 Å².